The number of esters is 1. The Balaban J connectivity index is 1.90. The van der Waals surface area contributed by atoms with Gasteiger partial charge in [0, 0.05) is 29.1 Å². The molecule has 1 aromatic heterocycles. The van der Waals surface area contributed by atoms with Crippen LogP contribution in [0.4, 0.5) is 5.95 Å². The second-order valence-corrected chi connectivity index (χ2v) is 5.46. The predicted octanol–water partition coefficient (Wildman–Crippen LogP) is 1.86. The third-order valence-electron chi connectivity index (χ3n) is 3.00. The lowest BCUT2D eigenvalue weighted by molar-refractivity contribution is -0.148. The molecule has 18 heavy (non-hydrogen) atoms. The molecule has 1 saturated heterocycles. The van der Waals surface area contributed by atoms with E-state index >= 15 is 0 Å². The molecule has 1 fully saturated rings. The zero-order valence-corrected chi connectivity index (χ0v) is 12.5. The SMILES string of the molecule is CCOC(=O)C1CCN(c2ncc(I)cn2)CC1. The first-order valence-electron chi connectivity index (χ1n) is 6.10. The van der Waals surface area contributed by atoms with Crippen LogP contribution in [0.1, 0.15) is 19.8 Å². The molecule has 0 radical (unpaired) electrons. The molecule has 0 spiro atoms. The number of carbonyl (C=O) groups excluding carboxylic acids is 1. The van der Waals surface area contributed by atoms with Gasteiger partial charge in [-0.05, 0) is 42.4 Å². The molecule has 0 bridgehead atoms. The summed E-state index contributed by atoms with van der Waals surface area (Å²) in [4.78, 5) is 22.3. The van der Waals surface area contributed by atoms with E-state index in [4.69, 9.17) is 4.74 Å². The van der Waals surface area contributed by atoms with Crippen molar-refractivity contribution in [3.05, 3.63) is 16.0 Å². The van der Waals surface area contributed by atoms with Gasteiger partial charge in [0.1, 0.15) is 0 Å². The number of anilines is 1. The number of rotatable bonds is 3. The summed E-state index contributed by atoms with van der Waals surface area (Å²) in [5, 5.41) is 0. The molecule has 0 amide bonds. The van der Waals surface area contributed by atoms with Gasteiger partial charge in [0.2, 0.25) is 5.95 Å². The second-order valence-electron chi connectivity index (χ2n) is 4.21. The van der Waals surface area contributed by atoms with Crippen LogP contribution in [-0.2, 0) is 9.53 Å². The lowest BCUT2D eigenvalue weighted by Crippen LogP contribution is -2.37. The van der Waals surface area contributed by atoms with Crippen LogP contribution >= 0.6 is 22.6 Å². The quantitative estimate of drug-likeness (QED) is 0.608. The highest BCUT2D eigenvalue weighted by Gasteiger charge is 2.26. The fraction of sp³-hybridized carbons (Fsp3) is 0.583. The lowest BCUT2D eigenvalue weighted by atomic mass is 9.97. The minimum Gasteiger partial charge on any atom is -0.466 e. The largest absolute Gasteiger partial charge is 0.466 e. The molecule has 1 aliphatic rings. The van der Waals surface area contributed by atoms with Crippen LogP contribution in [0.25, 0.3) is 0 Å². The van der Waals surface area contributed by atoms with Gasteiger partial charge in [0.05, 0.1) is 12.5 Å². The molecule has 1 aromatic rings. The van der Waals surface area contributed by atoms with Crippen molar-refractivity contribution in [1.29, 1.82) is 0 Å². The van der Waals surface area contributed by atoms with Crippen LogP contribution in [0.2, 0.25) is 0 Å². The van der Waals surface area contributed by atoms with Gasteiger partial charge < -0.3 is 9.64 Å². The smallest absolute Gasteiger partial charge is 0.309 e. The molecule has 2 rings (SSSR count). The van der Waals surface area contributed by atoms with Gasteiger partial charge >= 0.3 is 5.97 Å². The standard InChI is InChI=1S/C12H16IN3O2/c1-2-18-11(17)9-3-5-16(6-4-9)12-14-7-10(13)8-15-12/h7-9H,2-6H2,1H3. The van der Waals surface area contributed by atoms with Gasteiger partial charge in [-0.3, -0.25) is 4.79 Å². The van der Waals surface area contributed by atoms with Crippen molar-refractivity contribution >= 4 is 34.5 Å². The maximum atomic E-state index is 11.6. The van der Waals surface area contributed by atoms with Crippen molar-refractivity contribution in [2.75, 3.05) is 24.6 Å². The Morgan fingerprint density at radius 1 is 1.44 bits per heavy atom. The minimum atomic E-state index is -0.0688. The first kappa shape index (κ1) is 13.5. The number of piperidine rings is 1. The highest BCUT2D eigenvalue weighted by molar-refractivity contribution is 14.1. The molecule has 0 N–H and O–H groups in total. The van der Waals surface area contributed by atoms with Crippen molar-refractivity contribution in [1.82, 2.24) is 9.97 Å². The molecule has 1 aliphatic heterocycles. The summed E-state index contributed by atoms with van der Waals surface area (Å²) in [6.45, 7) is 3.92. The highest BCUT2D eigenvalue weighted by Crippen LogP contribution is 2.21. The average molecular weight is 361 g/mol. The summed E-state index contributed by atoms with van der Waals surface area (Å²) in [6, 6.07) is 0. The van der Waals surface area contributed by atoms with Gasteiger partial charge in [-0.2, -0.15) is 0 Å². The van der Waals surface area contributed by atoms with Gasteiger partial charge in [0.15, 0.2) is 0 Å². The molecule has 0 atom stereocenters. The molecule has 98 valence electrons. The zero-order chi connectivity index (χ0) is 13.0. The molecule has 5 nitrogen and oxygen atoms in total. The molecular formula is C12H16IN3O2. The van der Waals surface area contributed by atoms with Crippen LogP contribution in [0.5, 0.6) is 0 Å². The van der Waals surface area contributed by atoms with Gasteiger partial charge in [0.25, 0.3) is 0 Å². The Labute approximate surface area is 120 Å². The van der Waals surface area contributed by atoms with Crippen LogP contribution in [0.15, 0.2) is 12.4 Å². The van der Waals surface area contributed by atoms with E-state index in [0.29, 0.717) is 6.61 Å². The van der Waals surface area contributed by atoms with Crippen molar-refractivity contribution in [3.63, 3.8) is 0 Å². The van der Waals surface area contributed by atoms with E-state index in [1.807, 2.05) is 6.92 Å². The summed E-state index contributed by atoms with van der Waals surface area (Å²) in [6.07, 6.45) is 5.24. The Bertz CT molecular complexity index is 402. The molecule has 0 saturated carbocycles. The van der Waals surface area contributed by atoms with E-state index in [1.54, 1.807) is 12.4 Å². The predicted molar refractivity (Wildman–Crippen MR) is 76.3 cm³/mol. The fourth-order valence-electron chi connectivity index (χ4n) is 2.04. The maximum Gasteiger partial charge on any atom is 0.309 e. The van der Waals surface area contributed by atoms with E-state index in [2.05, 4.69) is 37.5 Å². The summed E-state index contributed by atoms with van der Waals surface area (Å²) >= 11 is 2.18. The van der Waals surface area contributed by atoms with Gasteiger partial charge in [-0.25, -0.2) is 9.97 Å². The number of ether oxygens (including phenoxy) is 1. The number of carbonyl (C=O) groups is 1. The van der Waals surface area contributed by atoms with Crippen LogP contribution in [-0.4, -0.2) is 35.6 Å². The number of aromatic nitrogens is 2. The molecular weight excluding hydrogens is 345 g/mol. The molecule has 2 heterocycles. The van der Waals surface area contributed by atoms with E-state index < -0.39 is 0 Å². The third kappa shape index (κ3) is 3.30. The highest BCUT2D eigenvalue weighted by atomic mass is 127. The first-order chi connectivity index (χ1) is 8.70. The number of nitrogens with zero attached hydrogens (tertiary/aromatic N) is 3. The van der Waals surface area contributed by atoms with Crippen LogP contribution < -0.4 is 4.90 Å². The fourth-order valence-corrected chi connectivity index (χ4v) is 2.32. The summed E-state index contributed by atoms with van der Waals surface area (Å²) < 4.78 is 6.07. The Hall–Kier alpha value is -0.920. The summed E-state index contributed by atoms with van der Waals surface area (Å²) in [5.41, 5.74) is 0. The summed E-state index contributed by atoms with van der Waals surface area (Å²) in [5.74, 6) is 0.712. The van der Waals surface area contributed by atoms with E-state index in [9.17, 15) is 4.79 Å². The van der Waals surface area contributed by atoms with E-state index in [1.165, 1.54) is 0 Å². The number of hydrogen-bond acceptors (Lipinski definition) is 5. The van der Waals surface area contributed by atoms with Gasteiger partial charge in [-0.15, -0.1) is 0 Å². The van der Waals surface area contributed by atoms with Crippen LogP contribution in [0.3, 0.4) is 0 Å². The van der Waals surface area contributed by atoms with E-state index in [-0.39, 0.29) is 11.9 Å². The lowest BCUT2D eigenvalue weighted by Gasteiger charge is -2.30. The zero-order valence-electron chi connectivity index (χ0n) is 10.3. The monoisotopic (exact) mass is 361 g/mol. The second kappa shape index (κ2) is 6.31. The number of hydrogen-bond donors (Lipinski definition) is 0. The maximum absolute atomic E-state index is 11.6. The summed E-state index contributed by atoms with van der Waals surface area (Å²) in [7, 11) is 0. The van der Waals surface area contributed by atoms with Crippen molar-refractivity contribution < 1.29 is 9.53 Å². The van der Waals surface area contributed by atoms with Gasteiger partial charge in [-0.1, -0.05) is 0 Å². The topological polar surface area (TPSA) is 55.3 Å². The minimum absolute atomic E-state index is 0.0325. The third-order valence-corrected chi connectivity index (χ3v) is 3.56. The van der Waals surface area contributed by atoms with E-state index in [0.717, 1.165) is 35.4 Å². The van der Waals surface area contributed by atoms with Crippen molar-refractivity contribution in [2.45, 2.75) is 19.8 Å². The molecule has 6 heteroatoms. The Kier molecular flexibility index (Phi) is 4.73. The molecule has 0 aliphatic carbocycles. The Morgan fingerprint density at radius 3 is 2.61 bits per heavy atom. The van der Waals surface area contributed by atoms with Crippen molar-refractivity contribution in [3.8, 4) is 0 Å². The molecule has 0 unspecified atom stereocenters. The first-order valence-corrected chi connectivity index (χ1v) is 7.17. The normalized spacial score (nSPS) is 16.7. The van der Waals surface area contributed by atoms with Crippen LogP contribution in [0, 0.1) is 9.49 Å². The van der Waals surface area contributed by atoms with Crippen molar-refractivity contribution in [2.24, 2.45) is 5.92 Å². The number of halogens is 1. The average Bonchev–Trinajstić information content (AvgIpc) is 2.40. The Morgan fingerprint density at radius 2 is 2.06 bits per heavy atom. The molecule has 0 aromatic carbocycles.